The smallest absolute Gasteiger partial charge is 0.242 e. The summed E-state index contributed by atoms with van der Waals surface area (Å²) in [5.74, 6) is 1.09. The molecule has 192 valence electrons. The van der Waals surface area contributed by atoms with Gasteiger partial charge >= 0.3 is 0 Å². The molecule has 0 aliphatic rings. The molecule has 0 aromatic heterocycles. The monoisotopic (exact) mass is 522 g/mol. The largest absolute Gasteiger partial charge is 0.490 e. The highest BCUT2D eigenvalue weighted by Gasteiger charge is 2.28. The van der Waals surface area contributed by atoms with Crippen molar-refractivity contribution < 1.29 is 19.1 Å². The first kappa shape index (κ1) is 28.8. The predicted octanol–water partition coefficient (Wildman–Crippen LogP) is 6.06. The summed E-state index contributed by atoms with van der Waals surface area (Å²) < 4.78 is 11.3. The third kappa shape index (κ3) is 8.62. The van der Waals surface area contributed by atoms with Crippen molar-refractivity contribution in [1.82, 2.24) is 10.2 Å². The molecule has 0 saturated carbocycles. The van der Waals surface area contributed by atoms with Gasteiger partial charge in [0.15, 0.2) is 11.5 Å². The number of nitrogens with one attached hydrogen (secondary N) is 1. The number of hydrogen-bond acceptors (Lipinski definition) is 4. The number of hydrogen-bond donors (Lipinski definition) is 1. The van der Waals surface area contributed by atoms with Crippen LogP contribution in [0.25, 0.3) is 0 Å². The van der Waals surface area contributed by atoms with E-state index in [1.807, 2.05) is 52.0 Å². The number of aryl methyl sites for hydroxylation is 1. The maximum absolute atomic E-state index is 13.5. The second-order valence-electron chi connectivity index (χ2n) is 8.13. The van der Waals surface area contributed by atoms with Crippen molar-refractivity contribution in [2.75, 3.05) is 19.8 Å². The van der Waals surface area contributed by atoms with Crippen molar-refractivity contribution in [2.45, 2.75) is 66.0 Å². The molecule has 2 aromatic carbocycles. The van der Waals surface area contributed by atoms with Gasteiger partial charge in [-0.25, -0.2) is 0 Å². The summed E-state index contributed by atoms with van der Waals surface area (Å²) in [6, 6.07) is 10.4. The molecule has 0 aliphatic heterocycles. The number of nitrogens with zero attached hydrogens (tertiary/aromatic N) is 1. The van der Waals surface area contributed by atoms with Gasteiger partial charge in [-0.2, -0.15) is 0 Å². The molecule has 0 unspecified atom stereocenters. The Morgan fingerprint density at radius 1 is 0.914 bits per heavy atom. The first-order valence-corrected chi connectivity index (χ1v) is 13.0. The number of ether oxygens (including phenoxy) is 2. The number of rotatable bonds is 14. The highest BCUT2D eigenvalue weighted by molar-refractivity contribution is 6.42. The van der Waals surface area contributed by atoms with Gasteiger partial charge in [0.1, 0.15) is 6.04 Å². The van der Waals surface area contributed by atoms with Crippen molar-refractivity contribution in [3.63, 3.8) is 0 Å². The fraction of sp³-hybridized carbons (Fsp3) is 0.481. The van der Waals surface area contributed by atoms with Crippen molar-refractivity contribution in [3.8, 4) is 11.5 Å². The van der Waals surface area contributed by atoms with Crippen molar-refractivity contribution in [3.05, 3.63) is 57.6 Å². The van der Waals surface area contributed by atoms with Crippen molar-refractivity contribution in [1.29, 1.82) is 0 Å². The molecule has 6 nitrogen and oxygen atoms in total. The lowest BCUT2D eigenvalue weighted by atomic mass is 10.1. The lowest BCUT2D eigenvalue weighted by molar-refractivity contribution is -0.141. The molecule has 8 heteroatoms. The van der Waals surface area contributed by atoms with Crippen LogP contribution in [0.3, 0.4) is 0 Å². The Morgan fingerprint density at radius 2 is 1.60 bits per heavy atom. The van der Waals surface area contributed by atoms with Crippen molar-refractivity contribution in [2.24, 2.45) is 0 Å². The molecule has 0 radical (unpaired) electrons. The van der Waals surface area contributed by atoms with E-state index in [0.29, 0.717) is 54.1 Å². The lowest BCUT2D eigenvalue weighted by Crippen LogP contribution is -2.49. The van der Waals surface area contributed by atoms with Gasteiger partial charge < -0.3 is 19.7 Å². The zero-order chi connectivity index (χ0) is 25.8. The van der Waals surface area contributed by atoms with E-state index in [9.17, 15) is 9.59 Å². The minimum absolute atomic E-state index is 0.110. The summed E-state index contributed by atoms with van der Waals surface area (Å²) in [6.07, 6.45) is 2.08. The van der Waals surface area contributed by atoms with Crippen molar-refractivity contribution >= 4 is 35.0 Å². The average Bonchev–Trinajstić information content (AvgIpc) is 2.84. The predicted molar refractivity (Wildman–Crippen MR) is 141 cm³/mol. The molecule has 2 amide bonds. The fourth-order valence-electron chi connectivity index (χ4n) is 3.77. The maximum Gasteiger partial charge on any atom is 0.242 e. The van der Waals surface area contributed by atoms with Gasteiger partial charge in [-0.1, -0.05) is 49.2 Å². The second-order valence-corrected chi connectivity index (χ2v) is 8.95. The first-order chi connectivity index (χ1) is 16.8. The highest BCUT2D eigenvalue weighted by Crippen LogP contribution is 2.29. The van der Waals surface area contributed by atoms with Gasteiger partial charge in [0, 0.05) is 19.5 Å². The molecule has 35 heavy (non-hydrogen) atoms. The van der Waals surface area contributed by atoms with E-state index < -0.39 is 6.04 Å². The van der Waals surface area contributed by atoms with Gasteiger partial charge in [-0.05, 0) is 68.5 Å². The minimum atomic E-state index is -0.581. The summed E-state index contributed by atoms with van der Waals surface area (Å²) >= 11 is 12.3. The van der Waals surface area contributed by atoms with Crippen LogP contribution < -0.4 is 14.8 Å². The van der Waals surface area contributed by atoms with Gasteiger partial charge in [0.2, 0.25) is 11.8 Å². The maximum atomic E-state index is 13.5. The van der Waals surface area contributed by atoms with Crippen LogP contribution in [0.15, 0.2) is 36.4 Å². The molecule has 0 heterocycles. The molecule has 0 bridgehead atoms. The minimum Gasteiger partial charge on any atom is -0.490 e. The summed E-state index contributed by atoms with van der Waals surface area (Å²) in [5.41, 5.74) is 1.78. The third-order valence-electron chi connectivity index (χ3n) is 5.51. The number of carbonyl (C=O) groups is 2. The molecule has 0 spiro atoms. The number of halogens is 2. The van der Waals surface area contributed by atoms with E-state index in [4.69, 9.17) is 32.7 Å². The van der Waals surface area contributed by atoms with E-state index in [1.54, 1.807) is 17.0 Å². The zero-order valence-corrected chi connectivity index (χ0v) is 22.5. The Morgan fingerprint density at radius 3 is 2.23 bits per heavy atom. The molecule has 0 saturated heterocycles. The molecule has 1 atom stereocenters. The Bertz CT molecular complexity index is 984. The van der Waals surface area contributed by atoms with E-state index in [2.05, 4.69) is 5.32 Å². The molecule has 2 aromatic rings. The molecular formula is C27H36Cl2N2O4. The fourth-order valence-corrected chi connectivity index (χ4v) is 4.09. The standard InChI is InChI=1S/C27H36Cl2N2O4/c1-5-15-30-27(33)23(6-2)31(18-20-9-12-21(28)22(29)16-20)26(32)14-11-19-10-13-24(34-7-3)25(17-19)35-8-4/h9-10,12-13,16-17,23H,5-8,11,14-15,18H2,1-4H3,(H,30,33)/t23-/m1/s1. The quantitative estimate of drug-likeness (QED) is 0.327. The van der Waals surface area contributed by atoms with Crippen LogP contribution in [0.5, 0.6) is 11.5 Å². The Labute approximate surface area is 218 Å². The van der Waals surface area contributed by atoms with Gasteiger partial charge in [0.25, 0.3) is 0 Å². The van der Waals surface area contributed by atoms with Gasteiger partial charge in [-0.15, -0.1) is 0 Å². The summed E-state index contributed by atoms with van der Waals surface area (Å²) in [5, 5.41) is 3.79. The summed E-state index contributed by atoms with van der Waals surface area (Å²) in [6.45, 7) is 9.63. The van der Waals surface area contributed by atoms with Crippen LogP contribution in [0.1, 0.15) is 58.1 Å². The second kappa shape index (κ2) is 14.8. The lowest BCUT2D eigenvalue weighted by Gasteiger charge is -2.31. The molecule has 0 aliphatic carbocycles. The van der Waals surface area contributed by atoms with Gasteiger partial charge in [-0.3, -0.25) is 9.59 Å². The van der Waals surface area contributed by atoms with Crippen LogP contribution in [-0.4, -0.2) is 42.5 Å². The zero-order valence-electron chi connectivity index (χ0n) is 21.0. The molecule has 1 N–H and O–H groups in total. The number of carbonyl (C=O) groups excluding carboxylic acids is 2. The number of benzene rings is 2. The number of amides is 2. The Kier molecular flexibility index (Phi) is 12.2. The first-order valence-electron chi connectivity index (χ1n) is 12.2. The van der Waals surface area contributed by atoms with Crippen LogP contribution in [-0.2, 0) is 22.6 Å². The average molecular weight is 524 g/mol. The summed E-state index contributed by atoms with van der Waals surface area (Å²) in [4.78, 5) is 28.0. The van der Waals surface area contributed by atoms with E-state index in [1.165, 1.54) is 0 Å². The Hall–Kier alpha value is -2.44. The van der Waals surface area contributed by atoms with Crippen LogP contribution in [0.2, 0.25) is 10.0 Å². The topological polar surface area (TPSA) is 67.9 Å². The van der Waals surface area contributed by atoms with E-state index in [0.717, 1.165) is 17.5 Å². The Balaban J connectivity index is 2.24. The SMILES string of the molecule is CCCNC(=O)[C@@H](CC)N(Cc1ccc(Cl)c(Cl)c1)C(=O)CCc1ccc(OCC)c(OCC)c1. The van der Waals surface area contributed by atoms with E-state index in [-0.39, 0.29) is 24.8 Å². The normalized spacial score (nSPS) is 11.6. The van der Waals surface area contributed by atoms with Gasteiger partial charge in [0.05, 0.1) is 23.3 Å². The summed E-state index contributed by atoms with van der Waals surface area (Å²) in [7, 11) is 0. The van der Waals surface area contributed by atoms with E-state index >= 15 is 0 Å². The molecule has 0 fully saturated rings. The van der Waals surface area contributed by atoms with Crippen LogP contribution in [0.4, 0.5) is 0 Å². The molecular weight excluding hydrogens is 487 g/mol. The molecule has 2 rings (SSSR count). The third-order valence-corrected chi connectivity index (χ3v) is 6.25. The van der Waals surface area contributed by atoms with Crippen LogP contribution >= 0.6 is 23.2 Å². The van der Waals surface area contributed by atoms with Crippen LogP contribution in [0, 0.1) is 0 Å². The highest BCUT2D eigenvalue weighted by atomic mass is 35.5.